The number of para-hydroxylation sites is 1. The van der Waals surface area contributed by atoms with Gasteiger partial charge in [-0.3, -0.25) is 4.79 Å². The molecule has 0 aliphatic carbocycles. The quantitative estimate of drug-likeness (QED) is 0.918. The number of benzene rings is 1. The number of hydrogen-bond acceptors (Lipinski definition) is 3. The van der Waals surface area contributed by atoms with Gasteiger partial charge in [0.25, 0.3) is 5.91 Å². The predicted molar refractivity (Wildman–Crippen MR) is 83.0 cm³/mol. The maximum Gasteiger partial charge on any atom is 0.256 e. The molecule has 1 N–H and O–H groups in total. The normalized spacial score (nSPS) is 19.3. The average Bonchev–Trinajstić information content (AvgIpc) is 2.44. The highest BCUT2D eigenvalue weighted by Crippen LogP contribution is 2.22. The zero-order valence-electron chi connectivity index (χ0n) is 11.7. The monoisotopic (exact) mass is 278 g/mol. The molecule has 1 aromatic carbocycles. The van der Waals surface area contributed by atoms with Gasteiger partial charge in [-0.25, -0.2) is 0 Å². The molecule has 1 aromatic rings. The van der Waals surface area contributed by atoms with Crippen molar-refractivity contribution >= 4 is 23.4 Å². The molecule has 1 heterocycles. The van der Waals surface area contributed by atoms with E-state index in [1.54, 1.807) is 0 Å². The standard InChI is InChI=1S/C15H22N2OS/c1-3-8-16-14-7-5-4-6-13(14)15(18)17-9-10-19-12(2)11-17/h4-7,12,16H,3,8-11H2,1-2H3. The van der Waals surface area contributed by atoms with Crippen LogP contribution in [0, 0.1) is 0 Å². The maximum atomic E-state index is 12.6. The Hall–Kier alpha value is -1.16. The molecule has 19 heavy (non-hydrogen) atoms. The van der Waals surface area contributed by atoms with Crippen LogP contribution in [0.15, 0.2) is 24.3 Å². The Bertz CT molecular complexity index is 436. The third-order valence-electron chi connectivity index (χ3n) is 3.25. The first kappa shape index (κ1) is 14.3. The molecule has 2 rings (SSSR count). The molecular formula is C15H22N2OS. The molecule has 1 unspecified atom stereocenters. The van der Waals surface area contributed by atoms with Crippen LogP contribution in [0.3, 0.4) is 0 Å². The number of carbonyl (C=O) groups is 1. The molecule has 4 heteroatoms. The summed E-state index contributed by atoms with van der Waals surface area (Å²) in [5.41, 5.74) is 1.76. The van der Waals surface area contributed by atoms with Gasteiger partial charge in [-0.2, -0.15) is 11.8 Å². The smallest absolute Gasteiger partial charge is 0.256 e. The average molecular weight is 278 g/mol. The van der Waals surface area contributed by atoms with E-state index in [0.717, 1.165) is 43.1 Å². The van der Waals surface area contributed by atoms with Crippen LogP contribution < -0.4 is 5.32 Å². The molecule has 1 aliphatic rings. The molecule has 3 nitrogen and oxygen atoms in total. The van der Waals surface area contributed by atoms with E-state index in [1.165, 1.54) is 0 Å². The summed E-state index contributed by atoms with van der Waals surface area (Å²) in [6.07, 6.45) is 1.06. The van der Waals surface area contributed by atoms with Gasteiger partial charge in [0.2, 0.25) is 0 Å². The lowest BCUT2D eigenvalue weighted by atomic mass is 10.1. The van der Waals surface area contributed by atoms with Gasteiger partial charge in [-0.1, -0.05) is 26.0 Å². The van der Waals surface area contributed by atoms with Crippen molar-refractivity contribution in [3.8, 4) is 0 Å². The van der Waals surface area contributed by atoms with Crippen molar-refractivity contribution in [2.75, 3.05) is 30.7 Å². The van der Waals surface area contributed by atoms with Crippen LogP contribution in [0.2, 0.25) is 0 Å². The molecular weight excluding hydrogens is 256 g/mol. The van der Waals surface area contributed by atoms with Crippen LogP contribution in [0.25, 0.3) is 0 Å². The summed E-state index contributed by atoms with van der Waals surface area (Å²) in [6.45, 7) is 6.92. The van der Waals surface area contributed by atoms with Gasteiger partial charge in [0, 0.05) is 36.3 Å². The molecule has 1 aliphatic heterocycles. The van der Waals surface area contributed by atoms with Crippen LogP contribution >= 0.6 is 11.8 Å². The highest BCUT2D eigenvalue weighted by Gasteiger charge is 2.23. The van der Waals surface area contributed by atoms with E-state index in [2.05, 4.69) is 19.2 Å². The molecule has 0 radical (unpaired) electrons. The highest BCUT2D eigenvalue weighted by atomic mass is 32.2. The number of anilines is 1. The molecule has 0 bridgehead atoms. The Morgan fingerprint density at radius 3 is 3.00 bits per heavy atom. The second-order valence-corrected chi connectivity index (χ2v) is 6.45. The van der Waals surface area contributed by atoms with Gasteiger partial charge >= 0.3 is 0 Å². The van der Waals surface area contributed by atoms with Crippen LogP contribution in [0.1, 0.15) is 30.6 Å². The van der Waals surface area contributed by atoms with Crippen molar-refractivity contribution in [1.82, 2.24) is 4.90 Å². The van der Waals surface area contributed by atoms with Gasteiger partial charge in [-0.05, 0) is 18.6 Å². The fraction of sp³-hybridized carbons (Fsp3) is 0.533. The van der Waals surface area contributed by atoms with E-state index >= 15 is 0 Å². The number of amides is 1. The van der Waals surface area contributed by atoms with Crippen molar-refractivity contribution in [2.24, 2.45) is 0 Å². The lowest BCUT2D eigenvalue weighted by Gasteiger charge is -2.31. The zero-order valence-corrected chi connectivity index (χ0v) is 12.5. The molecule has 1 atom stereocenters. The number of carbonyl (C=O) groups excluding carboxylic acids is 1. The summed E-state index contributed by atoms with van der Waals surface area (Å²) < 4.78 is 0. The fourth-order valence-electron chi connectivity index (χ4n) is 2.26. The van der Waals surface area contributed by atoms with Gasteiger partial charge in [0.1, 0.15) is 0 Å². The number of hydrogen-bond donors (Lipinski definition) is 1. The first-order chi connectivity index (χ1) is 9.22. The Morgan fingerprint density at radius 1 is 1.47 bits per heavy atom. The maximum absolute atomic E-state index is 12.6. The van der Waals surface area contributed by atoms with Crippen molar-refractivity contribution in [2.45, 2.75) is 25.5 Å². The molecule has 0 spiro atoms. The lowest BCUT2D eigenvalue weighted by Crippen LogP contribution is -2.41. The van der Waals surface area contributed by atoms with Crippen molar-refractivity contribution < 1.29 is 4.79 Å². The third kappa shape index (κ3) is 3.66. The molecule has 104 valence electrons. The van der Waals surface area contributed by atoms with E-state index in [-0.39, 0.29) is 5.91 Å². The second kappa shape index (κ2) is 6.85. The first-order valence-corrected chi connectivity index (χ1v) is 8.01. The molecule has 1 amide bonds. The second-order valence-electron chi connectivity index (χ2n) is 4.90. The Labute approximate surface area is 119 Å². The molecule has 0 saturated carbocycles. The Balaban J connectivity index is 2.13. The summed E-state index contributed by atoms with van der Waals surface area (Å²) in [5.74, 6) is 1.20. The van der Waals surface area contributed by atoms with Gasteiger partial charge < -0.3 is 10.2 Å². The largest absolute Gasteiger partial charge is 0.384 e. The van der Waals surface area contributed by atoms with E-state index < -0.39 is 0 Å². The fourth-order valence-corrected chi connectivity index (χ4v) is 3.27. The minimum absolute atomic E-state index is 0.159. The number of rotatable bonds is 4. The van der Waals surface area contributed by atoms with Crippen LogP contribution in [-0.2, 0) is 0 Å². The highest BCUT2D eigenvalue weighted by molar-refractivity contribution is 7.99. The molecule has 1 fully saturated rings. The molecule has 0 aromatic heterocycles. The van der Waals surface area contributed by atoms with Gasteiger partial charge in [0.05, 0.1) is 5.56 Å². The van der Waals surface area contributed by atoms with E-state index in [0.29, 0.717) is 5.25 Å². The minimum atomic E-state index is 0.159. The zero-order chi connectivity index (χ0) is 13.7. The summed E-state index contributed by atoms with van der Waals surface area (Å²) in [6, 6.07) is 7.83. The van der Waals surface area contributed by atoms with Crippen molar-refractivity contribution in [3.05, 3.63) is 29.8 Å². The predicted octanol–water partition coefficient (Wildman–Crippen LogP) is 3.09. The van der Waals surface area contributed by atoms with Gasteiger partial charge in [0.15, 0.2) is 0 Å². The van der Waals surface area contributed by atoms with Crippen LogP contribution in [0.4, 0.5) is 5.69 Å². The van der Waals surface area contributed by atoms with E-state index in [1.807, 2.05) is 40.9 Å². The third-order valence-corrected chi connectivity index (χ3v) is 4.39. The summed E-state index contributed by atoms with van der Waals surface area (Å²) >= 11 is 1.94. The number of nitrogens with zero attached hydrogens (tertiary/aromatic N) is 1. The molecule has 1 saturated heterocycles. The van der Waals surface area contributed by atoms with Crippen molar-refractivity contribution in [3.63, 3.8) is 0 Å². The summed E-state index contributed by atoms with van der Waals surface area (Å²) in [4.78, 5) is 14.6. The first-order valence-electron chi connectivity index (χ1n) is 6.96. The lowest BCUT2D eigenvalue weighted by molar-refractivity contribution is 0.0764. The van der Waals surface area contributed by atoms with Gasteiger partial charge in [-0.15, -0.1) is 0 Å². The summed E-state index contributed by atoms with van der Waals surface area (Å²) in [7, 11) is 0. The van der Waals surface area contributed by atoms with Crippen molar-refractivity contribution in [1.29, 1.82) is 0 Å². The topological polar surface area (TPSA) is 32.3 Å². The van der Waals surface area contributed by atoms with Crippen LogP contribution in [0.5, 0.6) is 0 Å². The van der Waals surface area contributed by atoms with Crippen LogP contribution in [-0.4, -0.2) is 41.4 Å². The Kier molecular flexibility index (Phi) is 5.14. The number of nitrogens with one attached hydrogen (secondary N) is 1. The Morgan fingerprint density at radius 2 is 2.26 bits per heavy atom. The number of thioether (sulfide) groups is 1. The van der Waals surface area contributed by atoms with E-state index in [4.69, 9.17) is 0 Å². The van der Waals surface area contributed by atoms with E-state index in [9.17, 15) is 4.79 Å². The SMILES string of the molecule is CCCNc1ccccc1C(=O)N1CCSC(C)C1. The minimum Gasteiger partial charge on any atom is -0.384 e. The summed E-state index contributed by atoms with van der Waals surface area (Å²) in [5, 5.41) is 3.88.